The Morgan fingerprint density at radius 3 is 2.87 bits per heavy atom. The predicted molar refractivity (Wildman–Crippen MR) is 90.4 cm³/mol. The van der Waals surface area contributed by atoms with Crippen LogP contribution >= 0.6 is 0 Å². The van der Waals surface area contributed by atoms with Crippen molar-refractivity contribution in [2.45, 2.75) is 39.2 Å². The van der Waals surface area contributed by atoms with Crippen molar-refractivity contribution in [3.63, 3.8) is 0 Å². The summed E-state index contributed by atoms with van der Waals surface area (Å²) in [6.07, 6.45) is 7.11. The summed E-state index contributed by atoms with van der Waals surface area (Å²) in [6, 6.07) is 8.50. The van der Waals surface area contributed by atoms with Crippen LogP contribution in [-0.2, 0) is 6.42 Å². The first-order chi connectivity index (χ1) is 11.2. The zero-order valence-corrected chi connectivity index (χ0v) is 13.5. The standard InChI is InChI=1S/C18H21N5/c1-3-14-11-17(23-16(21-14)7-9-20-23)22-18(13-4-5-13)15-10-12(2)6-8-19-15/h6-11,13,18,22H,3-5H2,1-2H3. The first-order valence-corrected chi connectivity index (χ1v) is 8.27. The smallest absolute Gasteiger partial charge is 0.157 e. The van der Waals surface area contributed by atoms with Gasteiger partial charge >= 0.3 is 0 Å². The summed E-state index contributed by atoms with van der Waals surface area (Å²) in [5.74, 6) is 1.64. The molecule has 3 aromatic rings. The van der Waals surface area contributed by atoms with Gasteiger partial charge in [0.15, 0.2) is 5.65 Å². The molecule has 5 nitrogen and oxygen atoms in total. The summed E-state index contributed by atoms with van der Waals surface area (Å²) in [5, 5.41) is 8.10. The van der Waals surface area contributed by atoms with Crippen molar-refractivity contribution in [2.24, 2.45) is 5.92 Å². The molecule has 0 aliphatic heterocycles. The maximum absolute atomic E-state index is 4.61. The fourth-order valence-corrected chi connectivity index (χ4v) is 3.00. The van der Waals surface area contributed by atoms with Crippen molar-refractivity contribution in [1.29, 1.82) is 0 Å². The zero-order valence-electron chi connectivity index (χ0n) is 13.5. The molecule has 118 valence electrons. The molecule has 23 heavy (non-hydrogen) atoms. The lowest BCUT2D eigenvalue weighted by atomic mass is 10.1. The topological polar surface area (TPSA) is 55.1 Å². The number of aryl methyl sites for hydroxylation is 2. The lowest BCUT2D eigenvalue weighted by Gasteiger charge is -2.20. The van der Waals surface area contributed by atoms with Gasteiger partial charge in [0.25, 0.3) is 0 Å². The molecule has 0 saturated heterocycles. The van der Waals surface area contributed by atoms with Crippen LogP contribution in [0.4, 0.5) is 5.82 Å². The van der Waals surface area contributed by atoms with Crippen LogP contribution in [0.25, 0.3) is 5.65 Å². The van der Waals surface area contributed by atoms with Gasteiger partial charge in [-0.1, -0.05) is 6.92 Å². The molecule has 3 aromatic heterocycles. The van der Waals surface area contributed by atoms with Gasteiger partial charge in [-0.25, -0.2) is 4.98 Å². The Morgan fingerprint density at radius 1 is 1.26 bits per heavy atom. The molecule has 0 radical (unpaired) electrons. The lowest BCUT2D eigenvalue weighted by molar-refractivity contribution is 0.649. The monoisotopic (exact) mass is 307 g/mol. The Labute approximate surface area is 135 Å². The van der Waals surface area contributed by atoms with Crippen LogP contribution in [0.1, 0.15) is 42.8 Å². The van der Waals surface area contributed by atoms with E-state index in [1.54, 1.807) is 6.20 Å². The van der Waals surface area contributed by atoms with E-state index >= 15 is 0 Å². The Morgan fingerprint density at radius 2 is 2.13 bits per heavy atom. The molecule has 0 aromatic carbocycles. The average Bonchev–Trinajstić information content (AvgIpc) is 3.28. The third kappa shape index (κ3) is 2.79. The number of nitrogens with one attached hydrogen (secondary N) is 1. The van der Waals surface area contributed by atoms with Crippen LogP contribution < -0.4 is 5.32 Å². The molecular weight excluding hydrogens is 286 g/mol. The van der Waals surface area contributed by atoms with Crippen LogP contribution in [0.2, 0.25) is 0 Å². The highest BCUT2D eigenvalue weighted by molar-refractivity contribution is 5.50. The minimum absolute atomic E-state index is 0.231. The summed E-state index contributed by atoms with van der Waals surface area (Å²) in [6.45, 7) is 4.24. The second-order valence-corrected chi connectivity index (χ2v) is 6.30. The second-order valence-electron chi connectivity index (χ2n) is 6.30. The summed E-state index contributed by atoms with van der Waals surface area (Å²) >= 11 is 0. The third-order valence-electron chi connectivity index (χ3n) is 4.43. The highest BCUT2D eigenvalue weighted by atomic mass is 15.3. The maximum atomic E-state index is 4.61. The number of hydrogen-bond acceptors (Lipinski definition) is 4. The Hall–Kier alpha value is -2.43. The predicted octanol–water partition coefficient (Wildman–Crippen LogP) is 3.56. The van der Waals surface area contributed by atoms with E-state index in [-0.39, 0.29) is 6.04 Å². The van der Waals surface area contributed by atoms with Crippen molar-refractivity contribution in [3.05, 3.63) is 53.6 Å². The normalized spacial score (nSPS) is 15.7. The fraction of sp³-hybridized carbons (Fsp3) is 0.389. The maximum Gasteiger partial charge on any atom is 0.157 e. The fourth-order valence-electron chi connectivity index (χ4n) is 3.00. The van der Waals surface area contributed by atoms with E-state index in [0.29, 0.717) is 5.92 Å². The van der Waals surface area contributed by atoms with Crippen LogP contribution in [0.3, 0.4) is 0 Å². The molecular formula is C18H21N5. The molecule has 1 aliphatic carbocycles. The molecule has 1 saturated carbocycles. The molecule has 1 atom stereocenters. The SMILES string of the molecule is CCc1cc(NC(c2cc(C)ccn2)C2CC2)n2nccc2n1. The minimum Gasteiger partial charge on any atom is -0.361 e. The van der Waals surface area contributed by atoms with Crippen molar-refractivity contribution < 1.29 is 0 Å². The molecule has 0 spiro atoms. The number of anilines is 1. The zero-order chi connectivity index (χ0) is 15.8. The molecule has 1 N–H and O–H groups in total. The molecule has 1 unspecified atom stereocenters. The van der Waals surface area contributed by atoms with E-state index in [4.69, 9.17) is 0 Å². The first-order valence-electron chi connectivity index (χ1n) is 8.27. The van der Waals surface area contributed by atoms with Crippen molar-refractivity contribution >= 4 is 11.5 Å². The van der Waals surface area contributed by atoms with E-state index in [0.717, 1.165) is 29.3 Å². The average molecular weight is 307 g/mol. The van der Waals surface area contributed by atoms with Crippen LogP contribution in [0.15, 0.2) is 36.7 Å². The van der Waals surface area contributed by atoms with Gasteiger partial charge in [-0.2, -0.15) is 9.61 Å². The van der Waals surface area contributed by atoms with Gasteiger partial charge in [0.1, 0.15) is 5.82 Å². The molecule has 5 heteroatoms. The van der Waals surface area contributed by atoms with E-state index in [9.17, 15) is 0 Å². The quantitative estimate of drug-likeness (QED) is 0.783. The van der Waals surface area contributed by atoms with E-state index in [1.165, 1.54) is 18.4 Å². The van der Waals surface area contributed by atoms with Gasteiger partial charge in [-0.15, -0.1) is 0 Å². The molecule has 1 aliphatic rings. The summed E-state index contributed by atoms with van der Waals surface area (Å²) in [7, 11) is 0. The molecule has 0 amide bonds. The highest BCUT2D eigenvalue weighted by Gasteiger charge is 2.33. The van der Waals surface area contributed by atoms with Crippen LogP contribution in [-0.4, -0.2) is 19.6 Å². The summed E-state index contributed by atoms with van der Waals surface area (Å²) in [5.41, 5.74) is 4.32. The van der Waals surface area contributed by atoms with Gasteiger partial charge in [-0.3, -0.25) is 4.98 Å². The number of nitrogens with zero attached hydrogens (tertiary/aromatic N) is 4. The summed E-state index contributed by atoms with van der Waals surface area (Å²) in [4.78, 5) is 9.21. The third-order valence-corrected chi connectivity index (χ3v) is 4.43. The van der Waals surface area contributed by atoms with E-state index < -0.39 is 0 Å². The highest BCUT2D eigenvalue weighted by Crippen LogP contribution is 2.42. The molecule has 4 rings (SSSR count). The van der Waals surface area contributed by atoms with Crippen molar-refractivity contribution in [2.75, 3.05) is 5.32 Å². The van der Waals surface area contributed by atoms with Crippen molar-refractivity contribution in [3.8, 4) is 0 Å². The van der Waals surface area contributed by atoms with Gasteiger partial charge in [0.2, 0.25) is 0 Å². The molecule has 1 fully saturated rings. The van der Waals surface area contributed by atoms with Gasteiger partial charge in [0.05, 0.1) is 17.9 Å². The van der Waals surface area contributed by atoms with Gasteiger partial charge < -0.3 is 5.32 Å². The van der Waals surface area contributed by atoms with Crippen LogP contribution in [0.5, 0.6) is 0 Å². The number of pyridine rings is 1. The van der Waals surface area contributed by atoms with Crippen molar-refractivity contribution in [1.82, 2.24) is 19.6 Å². The number of hydrogen-bond donors (Lipinski definition) is 1. The largest absolute Gasteiger partial charge is 0.361 e. The second kappa shape index (κ2) is 5.65. The number of aromatic nitrogens is 4. The van der Waals surface area contributed by atoms with Gasteiger partial charge in [-0.05, 0) is 49.8 Å². The lowest BCUT2D eigenvalue weighted by Crippen LogP contribution is -2.17. The van der Waals surface area contributed by atoms with E-state index in [1.807, 2.05) is 22.8 Å². The first kappa shape index (κ1) is 14.2. The minimum atomic E-state index is 0.231. The Bertz CT molecular complexity index is 834. The van der Waals surface area contributed by atoms with E-state index in [2.05, 4.69) is 46.4 Å². The number of fused-ring (bicyclic) bond motifs is 1. The van der Waals surface area contributed by atoms with Gasteiger partial charge in [0, 0.05) is 24.0 Å². The van der Waals surface area contributed by atoms with Crippen LogP contribution in [0, 0.1) is 12.8 Å². The summed E-state index contributed by atoms with van der Waals surface area (Å²) < 4.78 is 1.88. The molecule has 0 bridgehead atoms. The molecule has 3 heterocycles. The Kier molecular flexibility index (Phi) is 3.48. The Balaban J connectivity index is 1.73. The number of rotatable bonds is 5.